The zero-order chi connectivity index (χ0) is 20.4. The minimum atomic E-state index is -0.779. The first-order valence-corrected chi connectivity index (χ1v) is 8.13. The number of nitro groups is 1. The number of carbonyl (C=O) groups excluding carboxylic acids is 1. The van der Waals surface area contributed by atoms with Gasteiger partial charge in [-0.25, -0.2) is 9.18 Å². The molecule has 0 fully saturated rings. The molecule has 9 heteroatoms. The summed E-state index contributed by atoms with van der Waals surface area (Å²) in [5.74, 6) is -1.24. The third-order valence-corrected chi connectivity index (χ3v) is 4.12. The molecule has 0 atom stereocenters. The van der Waals surface area contributed by atoms with Crippen LogP contribution in [0.1, 0.15) is 10.4 Å². The van der Waals surface area contributed by atoms with Crippen LogP contribution in [0.15, 0.2) is 47.0 Å². The van der Waals surface area contributed by atoms with E-state index < -0.39 is 16.7 Å². The Morgan fingerprint density at radius 1 is 1.18 bits per heavy atom. The van der Waals surface area contributed by atoms with Gasteiger partial charge in [0.2, 0.25) is 0 Å². The van der Waals surface area contributed by atoms with Crippen molar-refractivity contribution in [1.29, 1.82) is 0 Å². The normalized spacial score (nSPS) is 10.6. The molecule has 3 rings (SSSR count). The maximum atomic E-state index is 14.1. The molecule has 1 aromatic heterocycles. The zero-order valence-corrected chi connectivity index (χ0v) is 15.3. The lowest BCUT2D eigenvalue weighted by molar-refractivity contribution is -0.384. The van der Waals surface area contributed by atoms with E-state index >= 15 is 0 Å². The Bertz CT molecular complexity index is 1060. The van der Waals surface area contributed by atoms with E-state index in [1.54, 1.807) is 37.2 Å². The van der Waals surface area contributed by atoms with Crippen LogP contribution in [-0.2, 0) is 4.74 Å². The molecule has 0 aliphatic heterocycles. The van der Waals surface area contributed by atoms with Crippen LogP contribution in [0.25, 0.3) is 22.6 Å². The van der Waals surface area contributed by atoms with Crippen molar-refractivity contribution in [2.75, 3.05) is 26.1 Å². The van der Waals surface area contributed by atoms with Crippen LogP contribution in [0.5, 0.6) is 0 Å². The number of ether oxygens (including phenoxy) is 1. The lowest BCUT2D eigenvalue weighted by atomic mass is 10.1. The van der Waals surface area contributed by atoms with Crippen LogP contribution in [0.3, 0.4) is 0 Å². The van der Waals surface area contributed by atoms with E-state index in [0.717, 1.165) is 6.07 Å². The minimum Gasteiger partial charge on any atom is -0.465 e. The van der Waals surface area contributed by atoms with Gasteiger partial charge in [-0.15, -0.1) is 0 Å². The summed E-state index contributed by atoms with van der Waals surface area (Å²) < 4.78 is 23.9. The summed E-state index contributed by atoms with van der Waals surface area (Å²) in [5.41, 5.74) is 1.36. The topological polar surface area (TPSA) is 98.7 Å². The quantitative estimate of drug-likeness (QED) is 0.373. The molecule has 0 aliphatic carbocycles. The molecule has 0 bridgehead atoms. The number of benzene rings is 2. The monoisotopic (exact) mass is 385 g/mol. The first-order chi connectivity index (χ1) is 13.3. The van der Waals surface area contributed by atoms with Crippen molar-refractivity contribution >= 4 is 17.3 Å². The lowest BCUT2D eigenvalue weighted by Crippen LogP contribution is -2.10. The number of hydrogen-bond acceptors (Lipinski definition) is 7. The van der Waals surface area contributed by atoms with Crippen molar-refractivity contribution in [2.45, 2.75) is 0 Å². The highest BCUT2D eigenvalue weighted by atomic mass is 19.1. The summed E-state index contributed by atoms with van der Waals surface area (Å²) in [6.07, 6.45) is 0. The zero-order valence-electron chi connectivity index (χ0n) is 15.3. The van der Waals surface area contributed by atoms with Crippen LogP contribution in [0.2, 0.25) is 0 Å². The third-order valence-electron chi connectivity index (χ3n) is 4.12. The number of nitro benzene ring substituents is 1. The van der Waals surface area contributed by atoms with Gasteiger partial charge >= 0.3 is 5.97 Å². The van der Waals surface area contributed by atoms with Gasteiger partial charge in [0.25, 0.3) is 5.69 Å². The standard InChI is InChI=1S/C19H16FN3O5/c1-22(2)16-7-5-12(9-17(16)23(25)26)18-10-15(21-28-18)11-4-6-13(14(20)8-11)19(24)27-3/h4-10H,1-3H3. The van der Waals surface area contributed by atoms with Crippen LogP contribution in [0.4, 0.5) is 15.8 Å². The molecule has 28 heavy (non-hydrogen) atoms. The smallest absolute Gasteiger partial charge is 0.340 e. The van der Waals surface area contributed by atoms with Gasteiger partial charge < -0.3 is 14.2 Å². The fourth-order valence-corrected chi connectivity index (χ4v) is 2.70. The average molecular weight is 385 g/mol. The van der Waals surface area contributed by atoms with Crippen LogP contribution in [-0.4, -0.2) is 37.3 Å². The Morgan fingerprint density at radius 3 is 2.50 bits per heavy atom. The number of rotatable bonds is 5. The minimum absolute atomic E-state index is 0.0751. The van der Waals surface area contributed by atoms with E-state index in [0.29, 0.717) is 28.3 Å². The number of hydrogen-bond donors (Lipinski definition) is 0. The summed E-state index contributed by atoms with van der Waals surface area (Å²) >= 11 is 0. The molecule has 2 aromatic carbocycles. The third kappa shape index (κ3) is 3.54. The molecule has 144 valence electrons. The summed E-state index contributed by atoms with van der Waals surface area (Å²) in [7, 11) is 4.59. The Morgan fingerprint density at radius 2 is 1.89 bits per heavy atom. The number of anilines is 1. The number of aromatic nitrogens is 1. The van der Waals surface area contributed by atoms with Gasteiger partial charge in [0.1, 0.15) is 17.2 Å². The molecular formula is C19H16FN3O5. The highest BCUT2D eigenvalue weighted by Gasteiger charge is 2.19. The molecule has 0 spiro atoms. The van der Waals surface area contributed by atoms with Crippen molar-refractivity contribution < 1.29 is 23.4 Å². The van der Waals surface area contributed by atoms with E-state index in [1.165, 1.54) is 25.3 Å². The fraction of sp³-hybridized carbons (Fsp3) is 0.158. The van der Waals surface area contributed by atoms with Crippen molar-refractivity contribution in [2.24, 2.45) is 0 Å². The molecule has 0 saturated carbocycles. The molecule has 0 unspecified atom stereocenters. The molecule has 0 aliphatic rings. The van der Waals surface area contributed by atoms with E-state index in [4.69, 9.17) is 4.52 Å². The molecule has 0 amide bonds. The van der Waals surface area contributed by atoms with E-state index in [1.807, 2.05) is 0 Å². The maximum absolute atomic E-state index is 14.1. The highest BCUT2D eigenvalue weighted by Crippen LogP contribution is 2.34. The Balaban J connectivity index is 1.97. The lowest BCUT2D eigenvalue weighted by Gasteiger charge is -2.12. The Labute approximate surface area is 159 Å². The maximum Gasteiger partial charge on any atom is 0.340 e. The van der Waals surface area contributed by atoms with E-state index in [2.05, 4.69) is 9.89 Å². The highest BCUT2D eigenvalue weighted by molar-refractivity contribution is 5.90. The van der Waals surface area contributed by atoms with E-state index in [-0.39, 0.29) is 11.3 Å². The fourth-order valence-electron chi connectivity index (χ4n) is 2.70. The second kappa shape index (κ2) is 7.47. The van der Waals surface area contributed by atoms with Gasteiger partial charge in [-0.3, -0.25) is 10.1 Å². The van der Waals surface area contributed by atoms with Gasteiger partial charge in [0, 0.05) is 37.4 Å². The van der Waals surface area contributed by atoms with Crippen molar-refractivity contribution in [1.82, 2.24) is 5.16 Å². The molecule has 8 nitrogen and oxygen atoms in total. The summed E-state index contributed by atoms with van der Waals surface area (Å²) in [6.45, 7) is 0. The largest absolute Gasteiger partial charge is 0.465 e. The molecule has 3 aromatic rings. The first-order valence-electron chi connectivity index (χ1n) is 8.13. The average Bonchev–Trinajstić information content (AvgIpc) is 3.17. The van der Waals surface area contributed by atoms with Crippen molar-refractivity contribution in [3.05, 3.63) is 64.0 Å². The second-order valence-corrected chi connectivity index (χ2v) is 6.12. The van der Waals surface area contributed by atoms with Crippen LogP contribution >= 0.6 is 0 Å². The molecule has 0 radical (unpaired) electrons. The summed E-state index contributed by atoms with van der Waals surface area (Å²) in [4.78, 5) is 24.0. The first kappa shape index (κ1) is 19.0. The SMILES string of the molecule is COC(=O)c1ccc(-c2cc(-c3ccc(N(C)C)c([N+](=O)[O-])c3)on2)cc1F. The predicted molar refractivity (Wildman–Crippen MR) is 99.7 cm³/mol. The van der Waals surface area contributed by atoms with E-state index in [9.17, 15) is 19.3 Å². The number of carbonyl (C=O) groups is 1. The van der Waals surface area contributed by atoms with Gasteiger partial charge in [-0.1, -0.05) is 11.2 Å². The van der Waals surface area contributed by atoms with Crippen LogP contribution < -0.4 is 4.90 Å². The van der Waals surface area contributed by atoms with Gasteiger partial charge in [-0.05, 0) is 24.3 Å². The van der Waals surface area contributed by atoms with Gasteiger partial charge in [-0.2, -0.15) is 0 Å². The van der Waals surface area contributed by atoms with Gasteiger partial charge in [0.15, 0.2) is 5.76 Å². The van der Waals surface area contributed by atoms with Crippen molar-refractivity contribution in [3.63, 3.8) is 0 Å². The number of esters is 1. The molecule has 0 N–H and O–H groups in total. The molecular weight excluding hydrogens is 369 g/mol. The number of nitrogens with zero attached hydrogens (tertiary/aromatic N) is 3. The van der Waals surface area contributed by atoms with Gasteiger partial charge in [0.05, 0.1) is 17.6 Å². The summed E-state index contributed by atoms with van der Waals surface area (Å²) in [5, 5.41) is 15.2. The molecule has 1 heterocycles. The number of halogens is 1. The van der Waals surface area contributed by atoms with Crippen LogP contribution in [0, 0.1) is 15.9 Å². The molecule has 0 saturated heterocycles. The summed E-state index contributed by atoms with van der Waals surface area (Å²) in [6, 6.07) is 10.2. The Kier molecular flexibility index (Phi) is 5.08. The van der Waals surface area contributed by atoms with Crippen molar-refractivity contribution in [3.8, 4) is 22.6 Å². The second-order valence-electron chi connectivity index (χ2n) is 6.12. The predicted octanol–water partition coefficient (Wildman–Crippen LogP) is 3.91. The number of methoxy groups -OCH3 is 1. The Hall–Kier alpha value is -3.75.